The molecular weight excluding hydrogens is 370 g/mol. The first-order valence-electron chi connectivity index (χ1n) is 7.63. The zero-order valence-corrected chi connectivity index (χ0v) is 14.7. The van der Waals surface area contributed by atoms with Gasteiger partial charge in [0.25, 0.3) is 0 Å². The number of hydrogen-bond acceptors (Lipinski definition) is 4. The van der Waals surface area contributed by atoms with Crippen molar-refractivity contribution in [1.82, 2.24) is 4.98 Å². The van der Waals surface area contributed by atoms with E-state index in [-0.39, 0.29) is 0 Å². The van der Waals surface area contributed by atoms with Gasteiger partial charge in [-0.2, -0.15) is 0 Å². The predicted octanol–water partition coefficient (Wildman–Crippen LogP) is 4.93. The predicted molar refractivity (Wildman–Crippen MR) is 96.9 cm³/mol. The van der Waals surface area contributed by atoms with Crippen molar-refractivity contribution in [1.29, 1.82) is 0 Å². The number of rotatable bonds is 6. The van der Waals surface area contributed by atoms with Crippen LogP contribution in [0.15, 0.2) is 53.0 Å². The number of carbonyl (C=O) groups is 1. The second-order valence-electron chi connectivity index (χ2n) is 5.17. The minimum Gasteiger partial charge on any atom is -0.493 e. The van der Waals surface area contributed by atoms with E-state index in [0.717, 1.165) is 33.0 Å². The van der Waals surface area contributed by atoms with Crippen LogP contribution in [-0.2, 0) is 11.2 Å². The molecule has 1 aromatic heterocycles. The SMILES string of the molecule is CCOc1ccc(Oc2ccc3cc(CC=O)ccc3n2)cc1Br. The van der Waals surface area contributed by atoms with Crippen molar-refractivity contribution in [2.45, 2.75) is 13.3 Å². The summed E-state index contributed by atoms with van der Waals surface area (Å²) in [5, 5.41) is 0.981. The number of pyridine rings is 1. The fraction of sp³-hybridized carbons (Fsp3) is 0.158. The van der Waals surface area contributed by atoms with Crippen LogP contribution in [0.25, 0.3) is 10.9 Å². The molecule has 0 N–H and O–H groups in total. The molecule has 0 aliphatic rings. The Bertz CT molecular complexity index is 880. The highest BCUT2D eigenvalue weighted by Crippen LogP contribution is 2.31. The van der Waals surface area contributed by atoms with Crippen molar-refractivity contribution in [2.24, 2.45) is 0 Å². The number of aldehydes is 1. The topological polar surface area (TPSA) is 48.4 Å². The molecule has 0 bridgehead atoms. The Morgan fingerprint density at radius 3 is 2.75 bits per heavy atom. The Hall–Kier alpha value is -2.40. The number of halogens is 1. The van der Waals surface area contributed by atoms with E-state index in [1.54, 1.807) is 0 Å². The molecule has 0 saturated heterocycles. The molecule has 4 nitrogen and oxygen atoms in total. The van der Waals surface area contributed by atoms with E-state index in [0.29, 0.717) is 24.7 Å². The molecule has 0 atom stereocenters. The number of hydrogen-bond donors (Lipinski definition) is 0. The second kappa shape index (κ2) is 7.45. The minimum atomic E-state index is 0.411. The lowest BCUT2D eigenvalue weighted by molar-refractivity contribution is -0.107. The monoisotopic (exact) mass is 385 g/mol. The molecule has 0 fully saturated rings. The first kappa shape index (κ1) is 16.5. The standard InChI is InChI=1S/C19H16BrNO3/c1-2-23-18-7-5-15(12-16(18)20)24-19-8-4-14-11-13(9-10-22)3-6-17(14)21-19/h3-8,10-12H,2,9H2,1H3. The fourth-order valence-electron chi connectivity index (χ4n) is 2.37. The highest BCUT2D eigenvalue weighted by atomic mass is 79.9. The van der Waals surface area contributed by atoms with Crippen molar-refractivity contribution in [3.8, 4) is 17.4 Å². The van der Waals surface area contributed by atoms with Crippen molar-refractivity contribution >= 4 is 33.1 Å². The summed E-state index contributed by atoms with van der Waals surface area (Å²) in [6.45, 7) is 2.55. The summed E-state index contributed by atoms with van der Waals surface area (Å²) in [4.78, 5) is 15.1. The summed E-state index contributed by atoms with van der Waals surface area (Å²) in [7, 11) is 0. The zero-order chi connectivity index (χ0) is 16.9. The number of ether oxygens (including phenoxy) is 2. The average Bonchev–Trinajstić information content (AvgIpc) is 2.58. The maximum absolute atomic E-state index is 10.6. The molecule has 3 aromatic rings. The second-order valence-corrected chi connectivity index (χ2v) is 6.03. The van der Waals surface area contributed by atoms with Gasteiger partial charge in [-0.25, -0.2) is 4.98 Å². The Morgan fingerprint density at radius 2 is 2.00 bits per heavy atom. The van der Waals surface area contributed by atoms with Gasteiger partial charge in [0.15, 0.2) is 0 Å². The van der Waals surface area contributed by atoms with E-state index >= 15 is 0 Å². The van der Waals surface area contributed by atoms with Crippen LogP contribution < -0.4 is 9.47 Å². The summed E-state index contributed by atoms with van der Waals surface area (Å²) in [5.41, 5.74) is 1.80. The third kappa shape index (κ3) is 3.74. The molecule has 0 unspecified atom stereocenters. The zero-order valence-electron chi connectivity index (χ0n) is 13.2. The normalized spacial score (nSPS) is 10.6. The number of carbonyl (C=O) groups excluding carboxylic acids is 1. The molecule has 1 heterocycles. The average molecular weight is 386 g/mol. The lowest BCUT2D eigenvalue weighted by Crippen LogP contribution is -1.93. The van der Waals surface area contributed by atoms with Crippen LogP contribution in [0.4, 0.5) is 0 Å². The number of nitrogens with zero attached hydrogens (tertiary/aromatic N) is 1. The van der Waals surface area contributed by atoms with Crippen LogP contribution in [0.5, 0.6) is 17.4 Å². The van der Waals surface area contributed by atoms with Gasteiger partial charge in [-0.15, -0.1) is 0 Å². The van der Waals surface area contributed by atoms with Gasteiger partial charge in [-0.1, -0.05) is 6.07 Å². The van der Waals surface area contributed by atoms with Gasteiger partial charge in [0, 0.05) is 17.9 Å². The number of benzene rings is 2. The molecule has 122 valence electrons. The molecule has 5 heteroatoms. The fourth-order valence-corrected chi connectivity index (χ4v) is 2.85. The van der Waals surface area contributed by atoms with Crippen LogP contribution in [-0.4, -0.2) is 17.9 Å². The van der Waals surface area contributed by atoms with Gasteiger partial charge in [0.2, 0.25) is 5.88 Å². The van der Waals surface area contributed by atoms with Crippen LogP contribution >= 0.6 is 15.9 Å². The quantitative estimate of drug-likeness (QED) is 0.564. The first-order chi connectivity index (χ1) is 11.7. The highest BCUT2D eigenvalue weighted by Gasteiger charge is 2.06. The molecule has 0 amide bonds. The van der Waals surface area contributed by atoms with Crippen molar-refractivity contribution in [3.63, 3.8) is 0 Å². The molecule has 24 heavy (non-hydrogen) atoms. The van der Waals surface area contributed by atoms with Gasteiger partial charge in [-0.05, 0) is 64.8 Å². The Balaban J connectivity index is 1.83. The summed E-state index contributed by atoms with van der Waals surface area (Å²) >= 11 is 3.47. The Kier molecular flexibility index (Phi) is 5.11. The Morgan fingerprint density at radius 1 is 1.12 bits per heavy atom. The van der Waals surface area contributed by atoms with Gasteiger partial charge in [0.1, 0.15) is 17.8 Å². The van der Waals surface area contributed by atoms with Gasteiger partial charge < -0.3 is 14.3 Å². The van der Waals surface area contributed by atoms with E-state index in [2.05, 4.69) is 20.9 Å². The number of aromatic nitrogens is 1. The number of fused-ring (bicyclic) bond motifs is 1. The minimum absolute atomic E-state index is 0.411. The summed E-state index contributed by atoms with van der Waals surface area (Å²) < 4.78 is 12.1. The summed E-state index contributed by atoms with van der Waals surface area (Å²) in [6, 6.07) is 15.1. The van der Waals surface area contributed by atoms with Gasteiger partial charge >= 0.3 is 0 Å². The lowest BCUT2D eigenvalue weighted by atomic mass is 10.1. The van der Waals surface area contributed by atoms with E-state index in [1.807, 2.05) is 55.5 Å². The van der Waals surface area contributed by atoms with Crippen molar-refractivity contribution in [2.75, 3.05) is 6.61 Å². The molecule has 3 rings (SSSR count). The molecule has 0 aliphatic heterocycles. The summed E-state index contributed by atoms with van der Waals surface area (Å²) in [6.07, 6.45) is 1.31. The van der Waals surface area contributed by atoms with Crippen LogP contribution in [0.3, 0.4) is 0 Å². The molecular formula is C19H16BrNO3. The van der Waals surface area contributed by atoms with E-state index in [1.165, 1.54) is 0 Å². The smallest absolute Gasteiger partial charge is 0.219 e. The Labute approximate surface area is 148 Å². The molecule has 0 saturated carbocycles. The lowest BCUT2D eigenvalue weighted by Gasteiger charge is -2.09. The van der Waals surface area contributed by atoms with Gasteiger partial charge in [-0.3, -0.25) is 0 Å². The largest absolute Gasteiger partial charge is 0.493 e. The summed E-state index contributed by atoms with van der Waals surface area (Å²) in [5.74, 6) is 1.97. The third-order valence-corrected chi connectivity index (χ3v) is 4.09. The van der Waals surface area contributed by atoms with Gasteiger partial charge in [0.05, 0.1) is 16.6 Å². The van der Waals surface area contributed by atoms with E-state index < -0.39 is 0 Å². The van der Waals surface area contributed by atoms with Crippen molar-refractivity contribution in [3.05, 3.63) is 58.6 Å². The molecule has 0 spiro atoms. The molecule has 0 aliphatic carbocycles. The van der Waals surface area contributed by atoms with Crippen LogP contribution in [0.1, 0.15) is 12.5 Å². The third-order valence-electron chi connectivity index (χ3n) is 3.47. The molecule has 0 radical (unpaired) electrons. The maximum atomic E-state index is 10.6. The van der Waals surface area contributed by atoms with Crippen LogP contribution in [0.2, 0.25) is 0 Å². The van der Waals surface area contributed by atoms with E-state index in [9.17, 15) is 4.79 Å². The first-order valence-corrected chi connectivity index (χ1v) is 8.42. The van der Waals surface area contributed by atoms with Crippen molar-refractivity contribution < 1.29 is 14.3 Å². The van der Waals surface area contributed by atoms with E-state index in [4.69, 9.17) is 9.47 Å². The highest BCUT2D eigenvalue weighted by molar-refractivity contribution is 9.10. The maximum Gasteiger partial charge on any atom is 0.219 e. The molecule has 2 aromatic carbocycles. The van der Waals surface area contributed by atoms with Crippen LogP contribution in [0, 0.1) is 0 Å².